The zero-order valence-corrected chi connectivity index (χ0v) is 9.97. The van der Waals surface area contributed by atoms with Gasteiger partial charge in [-0.05, 0) is 6.42 Å². The second-order valence-electron chi connectivity index (χ2n) is 2.62. The molecule has 14 heavy (non-hydrogen) atoms. The first-order valence-electron chi connectivity index (χ1n) is 3.64. The highest BCUT2D eigenvalue weighted by Gasteiger charge is 2.38. The lowest BCUT2D eigenvalue weighted by Gasteiger charge is -2.26. The molecule has 0 aliphatic heterocycles. The van der Waals surface area contributed by atoms with E-state index in [2.05, 4.69) is 42.6 Å². The Labute approximate surface area is 97.7 Å². The standard InChI is InChI=1S/C6H12O5S3/c1-2-3(5(8,9)10)11-4(7)6(12,13)14/h3,8-10,12-14H,2H2,1H3. The molecule has 84 valence electrons. The molecule has 0 aliphatic carbocycles. The molecular weight excluding hydrogens is 248 g/mol. The molecule has 0 amide bonds. The van der Waals surface area contributed by atoms with E-state index in [4.69, 9.17) is 15.3 Å². The maximum absolute atomic E-state index is 11.1. The third kappa shape index (κ3) is 4.76. The first-order chi connectivity index (χ1) is 6.09. The second-order valence-corrected chi connectivity index (χ2v) is 5.70. The monoisotopic (exact) mass is 260 g/mol. The second kappa shape index (κ2) is 4.95. The van der Waals surface area contributed by atoms with Crippen molar-refractivity contribution < 1.29 is 24.9 Å². The molecule has 3 N–H and O–H groups in total. The Morgan fingerprint density at radius 3 is 2.00 bits per heavy atom. The van der Waals surface area contributed by atoms with E-state index in [0.717, 1.165) is 0 Å². The molecule has 0 aromatic rings. The van der Waals surface area contributed by atoms with Crippen LogP contribution < -0.4 is 0 Å². The summed E-state index contributed by atoms with van der Waals surface area (Å²) in [5.74, 6) is -4.08. The summed E-state index contributed by atoms with van der Waals surface area (Å²) in [5.41, 5.74) is 0. The highest BCUT2D eigenvalue weighted by molar-refractivity contribution is 8.18. The summed E-state index contributed by atoms with van der Waals surface area (Å²) in [6.07, 6.45) is -1.46. The third-order valence-electron chi connectivity index (χ3n) is 1.33. The first kappa shape index (κ1) is 14.4. The smallest absolute Gasteiger partial charge is 0.342 e. The Bertz CT molecular complexity index is 206. The van der Waals surface area contributed by atoms with Crippen molar-refractivity contribution in [1.82, 2.24) is 0 Å². The average molecular weight is 260 g/mol. The highest BCUT2D eigenvalue weighted by Crippen LogP contribution is 2.27. The van der Waals surface area contributed by atoms with Gasteiger partial charge in [-0.3, -0.25) is 0 Å². The van der Waals surface area contributed by atoms with Gasteiger partial charge in [0, 0.05) is 0 Å². The molecule has 0 saturated heterocycles. The molecule has 0 saturated carbocycles. The zero-order chi connectivity index (χ0) is 11.6. The summed E-state index contributed by atoms with van der Waals surface area (Å²) in [4.78, 5) is 11.1. The van der Waals surface area contributed by atoms with Crippen LogP contribution in [-0.4, -0.2) is 36.8 Å². The van der Waals surface area contributed by atoms with Crippen LogP contribution in [0.2, 0.25) is 0 Å². The van der Waals surface area contributed by atoms with Gasteiger partial charge in [0.2, 0.25) is 0 Å². The van der Waals surface area contributed by atoms with Gasteiger partial charge in [0.25, 0.3) is 0 Å². The van der Waals surface area contributed by atoms with Gasteiger partial charge in [0.1, 0.15) is 0 Å². The van der Waals surface area contributed by atoms with E-state index in [1.54, 1.807) is 0 Å². The minimum atomic E-state index is -3.08. The minimum absolute atomic E-state index is 0.0145. The molecule has 0 heterocycles. The molecule has 0 aromatic heterocycles. The number of rotatable bonds is 4. The Balaban J connectivity index is 4.43. The van der Waals surface area contributed by atoms with Crippen molar-refractivity contribution in [2.24, 2.45) is 0 Å². The van der Waals surface area contributed by atoms with Crippen LogP contribution in [0.4, 0.5) is 0 Å². The number of aliphatic hydroxyl groups is 3. The summed E-state index contributed by atoms with van der Waals surface area (Å²) >= 11 is 11.0. The Kier molecular flexibility index (Phi) is 5.09. The van der Waals surface area contributed by atoms with E-state index >= 15 is 0 Å². The number of esters is 1. The van der Waals surface area contributed by atoms with Crippen molar-refractivity contribution in [3.63, 3.8) is 0 Å². The highest BCUT2D eigenvalue weighted by atomic mass is 32.2. The van der Waals surface area contributed by atoms with Crippen LogP contribution in [0.3, 0.4) is 0 Å². The van der Waals surface area contributed by atoms with Crippen LogP contribution >= 0.6 is 37.9 Å². The van der Waals surface area contributed by atoms with Gasteiger partial charge >= 0.3 is 11.9 Å². The van der Waals surface area contributed by atoms with Crippen molar-refractivity contribution in [3.8, 4) is 0 Å². The number of hydrogen-bond donors (Lipinski definition) is 6. The summed E-state index contributed by atoms with van der Waals surface area (Å²) in [5, 5.41) is 26.3. The molecule has 0 spiro atoms. The Morgan fingerprint density at radius 1 is 1.36 bits per heavy atom. The normalized spacial score (nSPS) is 15.1. The number of carbonyl (C=O) groups is 1. The molecule has 1 atom stereocenters. The predicted molar refractivity (Wildman–Crippen MR) is 59.2 cm³/mol. The van der Waals surface area contributed by atoms with E-state index in [0.29, 0.717) is 0 Å². The fraction of sp³-hybridized carbons (Fsp3) is 0.833. The lowest BCUT2D eigenvalue weighted by atomic mass is 10.2. The number of ether oxygens (including phenoxy) is 1. The van der Waals surface area contributed by atoms with Crippen LogP contribution in [0.1, 0.15) is 13.3 Å². The van der Waals surface area contributed by atoms with Crippen LogP contribution in [-0.2, 0) is 9.53 Å². The number of thiol groups is 3. The van der Waals surface area contributed by atoms with E-state index < -0.39 is 21.5 Å². The largest absolute Gasteiger partial charge is 0.451 e. The maximum Gasteiger partial charge on any atom is 0.342 e. The average Bonchev–Trinajstić information content (AvgIpc) is 1.95. The topological polar surface area (TPSA) is 87.0 Å². The first-order valence-corrected chi connectivity index (χ1v) is 4.98. The SMILES string of the molecule is CCC(OC(=O)C(S)(S)S)C(O)(O)O. The minimum Gasteiger partial charge on any atom is -0.451 e. The van der Waals surface area contributed by atoms with Crippen molar-refractivity contribution in [2.45, 2.75) is 28.8 Å². The Morgan fingerprint density at radius 2 is 1.79 bits per heavy atom. The van der Waals surface area contributed by atoms with Crippen molar-refractivity contribution in [2.75, 3.05) is 0 Å². The molecule has 0 aliphatic rings. The van der Waals surface area contributed by atoms with Gasteiger partial charge in [0.05, 0.1) is 0 Å². The quantitative estimate of drug-likeness (QED) is 0.230. The molecule has 0 radical (unpaired) electrons. The Hall–Kier alpha value is 0.400. The van der Waals surface area contributed by atoms with E-state index in [-0.39, 0.29) is 6.42 Å². The third-order valence-corrected chi connectivity index (χ3v) is 1.87. The lowest BCUT2D eigenvalue weighted by molar-refractivity contribution is -0.355. The fourth-order valence-electron chi connectivity index (χ4n) is 0.645. The van der Waals surface area contributed by atoms with E-state index in [1.165, 1.54) is 6.92 Å². The predicted octanol–water partition coefficient (Wildman–Crippen LogP) is -0.618. The van der Waals surface area contributed by atoms with Crippen LogP contribution in [0, 0.1) is 0 Å². The van der Waals surface area contributed by atoms with Gasteiger partial charge in [-0.1, -0.05) is 6.92 Å². The van der Waals surface area contributed by atoms with E-state index in [1.807, 2.05) is 0 Å². The maximum atomic E-state index is 11.1. The number of carbonyl (C=O) groups excluding carboxylic acids is 1. The molecule has 0 bridgehead atoms. The molecule has 0 fully saturated rings. The van der Waals surface area contributed by atoms with Crippen LogP contribution in [0.15, 0.2) is 0 Å². The van der Waals surface area contributed by atoms with Gasteiger partial charge in [-0.25, -0.2) is 4.79 Å². The molecule has 0 rings (SSSR count). The van der Waals surface area contributed by atoms with Gasteiger partial charge in [0.15, 0.2) is 9.52 Å². The van der Waals surface area contributed by atoms with E-state index in [9.17, 15) is 4.79 Å². The van der Waals surface area contributed by atoms with Crippen molar-refractivity contribution in [1.29, 1.82) is 0 Å². The van der Waals surface area contributed by atoms with Gasteiger partial charge in [-0.15, -0.1) is 37.9 Å². The zero-order valence-electron chi connectivity index (χ0n) is 7.28. The fourth-order valence-corrected chi connectivity index (χ4v) is 0.803. The van der Waals surface area contributed by atoms with Crippen molar-refractivity contribution >= 4 is 43.9 Å². The molecular formula is C6H12O5S3. The summed E-state index contributed by atoms with van der Waals surface area (Å²) in [6.45, 7) is 1.49. The van der Waals surface area contributed by atoms with Crippen LogP contribution in [0.25, 0.3) is 0 Å². The number of hydrogen-bond acceptors (Lipinski definition) is 8. The van der Waals surface area contributed by atoms with Gasteiger partial charge < -0.3 is 20.1 Å². The van der Waals surface area contributed by atoms with Gasteiger partial charge in [-0.2, -0.15) is 0 Å². The molecule has 0 aromatic carbocycles. The van der Waals surface area contributed by atoms with Crippen LogP contribution in [0.5, 0.6) is 0 Å². The lowest BCUT2D eigenvalue weighted by Crippen LogP contribution is -2.46. The summed E-state index contributed by atoms with van der Waals surface area (Å²) in [6, 6.07) is 0. The molecule has 1 unspecified atom stereocenters. The molecule has 5 nitrogen and oxygen atoms in total. The summed E-state index contributed by atoms with van der Waals surface area (Å²) < 4.78 is 2.86. The van der Waals surface area contributed by atoms with Crippen molar-refractivity contribution in [3.05, 3.63) is 0 Å². The summed E-state index contributed by atoms with van der Waals surface area (Å²) in [7, 11) is 0. The molecule has 8 heteroatoms.